The SMILES string of the molecule is COc1ccc(NC(=O)c2cccc(F)n2)cc1Cl. The van der Waals surface area contributed by atoms with E-state index in [-0.39, 0.29) is 5.69 Å². The minimum Gasteiger partial charge on any atom is -0.495 e. The van der Waals surface area contributed by atoms with Crippen molar-refractivity contribution in [2.45, 2.75) is 0 Å². The number of amides is 1. The number of aromatic nitrogens is 1. The zero-order valence-electron chi connectivity index (χ0n) is 9.98. The summed E-state index contributed by atoms with van der Waals surface area (Å²) in [7, 11) is 1.50. The number of halogens is 2. The van der Waals surface area contributed by atoms with Crippen LogP contribution < -0.4 is 10.1 Å². The fourth-order valence-electron chi connectivity index (χ4n) is 1.47. The maximum atomic E-state index is 12.9. The lowest BCUT2D eigenvalue weighted by Gasteiger charge is -2.07. The number of hydrogen-bond acceptors (Lipinski definition) is 3. The van der Waals surface area contributed by atoms with E-state index in [1.165, 1.54) is 31.4 Å². The molecule has 19 heavy (non-hydrogen) atoms. The van der Waals surface area contributed by atoms with Crippen molar-refractivity contribution in [2.24, 2.45) is 0 Å². The van der Waals surface area contributed by atoms with Crippen LogP contribution in [0.2, 0.25) is 5.02 Å². The zero-order chi connectivity index (χ0) is 13.8. The summed E-state index contributed by atoms with van der Waals surface area (Å²) in [5, 5.41) is 2.94. The second-order valence-electron chi connectivity index (χ2n) is 3.65. The summed E-state index contributed by atoms with van der Waals surface area (Å²) in [6.45, 7) is 0. The second kappa shape index (κ2) is 5.67. The fraction of sp³-hybridized carbons (Fsp3) is 0.0769. The molecule has 0 radical (unpaired) electrons. The predicted octanol–water partition coefficient (Wildman–Crippen LogP) is 3.14. The van der Waals surface area contributed by atoms with Gasteiger partial charge >= 0.3 is 0 Å². The molecule has 0 fully saturated rings. The molecule has 0 aliphatic carbocycles. The minimum absolute atomic E-state index is 0.00746. The van der Waals surface area contributed by atoms with E-state index in [2.05, 4.69) is 10.3 Å². The van der Waals surface area contributed by atoms with Gasteiger partial charge in [-0.3, -0.25) is 4.79 Å². The third-order valence-electron chi connectivity index (χ3n) is 2.36. The molecule has 0 spiro atoms. The topological polar surface area (TPSA) is 51.2 Å². The van der Waals surface area contributed by atoms with E-state index in [9.17, 15) is 9.18 Å². The molecule has 0 aliphatic heterocycles. The minimum atomic E-state index is -0.708. The maximum absolute atomic E-state index is 12.9. The second-order valence-corrected chi connectivity index (χ2v) is 4.06. The standard InChI is InChI=1S/C13H10ClFN2O2/c1-19-11-6-5-8(7-9(11)14)16-13(18)10-3-2-4-12(15)17-10/h2-7H,1H3,(H,16,18). The predicted molar refractivity (Wildman–Crippen MR) is 70.2 cm³/mol. The molecular weight excluding hydrogens is 271 g/mol. The zero-order valence-corrected chi connectivity index (χ0v) is 10.7. The van der Waals surface area contributed by atoms with Gasteiger partial charge in [-0.25, -0.2) is 4.98 Å². The van der Waals surface area contributed by atoms with Gasteiger partial charge in [0.1, 0.15) is 11.4 Å². The first-order chi connectivity index (χ1) is 9.10. The monoisotopic (exact) mass is 280 g/mol. The number of methoxy groups -OCH3 is 1. The molecule has 4 nitrogen and oxygen atoms in total. The van der Waals surface area contributed by atoms with Gasteiger partial charge in [0.05, 0.1) is 12.1 Å². The van der Waals surface area contributed by atoms with Crippen LogP contribution in [0.5, 0.6) is 5.75 Å². The molecule has 0 atom stereocenters. The number of carbonyl (C=O) groups is 1. The largest absolute Gasteiger partial charge is 0.495 e. The van der Waals surface area contributed by atoms with Crippen LogP contribution in [-0.4, -0.2) is 18.0 Å². The van der Waals surface area contributed by atoms with Crippen LogP contribution in [0.1, 0.15) is 10.5 Å². The number of ether oxygens (including phenoxy) is 1. The molecule has 2 aromatic rings. The lowest BCUT2D eigenvalue weighted by atomic mass is 10.2. The van der Waals surface area contributed by atoms with Crippen LogP contribution >= 0.6 is 11.6 Å². The number of nitrogens with one attached hydrogen (secondary N) is 1. The van der Waals surface area contributed by atoms with Gasteiger partial charge in [0.2, 0.25) is 5.95 Å². The summed E-state index contributed by atoms with van der Waals surface area (Å²) in [4.78, 5) is 15.3. The Hall–Kier alpha value is -2.14. The van der Waals surface area contributed by atoms with Crippen molar-refractivity contribution >= 4 is 23.2 Å². The van der Waals surface area contributed by atoms with Crippen molar-refractivity contribution < 1.29 is 13.9 Å². The van der Waals surface area contributed by atoms with E-state index in [0.717, 1.165) is 0 Å². The Bertz CT molecular complexity index is 619. The van der Waals surface area contributed by atoms with E-state index in [4.69, 9.17) is 16.3 Å². The Morgan fingerprint density at radius 2 is 2.16 bits per heavy atom. The Labute approximate surface area is 114 Å². The number of hydrogen-bond donors (Lipinski definition) is 1. The van der Waals surface area contributed by atoms with Crippen molar-refractivity contribution in [3.8, 4) is 5.75 Å². The first-order valence-electron chi connectivity index (χ1n) is 5.37. The summed E-state index contributed by atoms with van der Waals surface area (Å²) < 4.78 is 17.9. The van der Waals surface area contributed by atoms with Crippen molar-refractivity contribution in [1.29, 1.82) is 0 Å². The molecule has 1 heterocycles. The summed E-state index contributed by atoms with van der Waals surface area (Å²) in [5.41, 5.74) is 0.466. The number of nitrogens with zero attached hydrogens (tertiary/aromatic N) is 1. The smallest absolute Gasteiger partial charge is 0.274 e. The van der Waals surface area contributed by atoms with Gasteiger partial charge in [-0.05, 0) is 30.3 Å². The lowest BCUT2D eigenvalue weighted by molar-refractivity contribution is 0.102. The van der Waals surface area contributed by atoms with Crippen molar-refractivity contribution in [2.75, 3.05) is 12.4 Å². The molecule has 1 N–H and O–H groups in total. The Morgan fingerprint density at radius 3 is 2.79 bits per heavy atom. The van der Waals surface area contributed by atoms with Crippen LogP contribution in [0.25, 0.3) is 0 Å². The van der Waals surface area contributed by atoms with Crippen molar-refractivity contribution in [3.63, 3.8) is 0 Å². The fourth-order valence-corrected chi connectivity index (χ4v) is 1.73. The molecule has 0 aliphatic rings. The van der Waals surface area contributed by atoms with E-state index in [1.54, 1.807) is 12.1 Å². The highest BCUT2D eigenvalue weighted by Gasteiger charge is 2.09. The highest BCUT2D eigenvalue weighted by atomic mass is 35.5. The van der Waals surface area contributed by atoms with Crippen LogP contribution in [0, 0.1) is 5.95 Å². The highest BCUT2D eigenvalue weighted by Crippen LogP contribution is 2.27. The van der Waals surface area contributed by atoms with Crippen LogP contribution in [0.3, 0.4) is 0 Å². The van der Waals surface area contributed by atoms with Crippen molar-refractivity contribution in [1.82, 2.24) is 4.98 Å². The molecule has 1 aromatic carbocycles. The van der Waals surface area contributed by atoms with Crippen molar-refractivity contribution in [3.05, 3.63) is 53.1 Å². The molecule has 2 rings (SSSR count). The Balaban J connectivity index is 2.17. The van der Waals surface area contributed by atoms with Gasteiger partial charge in [0.15, 0.2) is 0 Å². The highest BCUT2D eigenvalue weighted by molar-refractivity contribution is 6.32. The van der Waals surface area contributed by atoms with E-state index >= 15 is 0 Å². The first kappa shape index (κ1) is 13.3. The number of rotatable bonds is 3. The molecule has 0 saturated heterocycles. The van der Waals surface area contributed by atoms with E-state index in [0.29, 0.717) is 16.5 Å². The van der Waals surface area contributed by atoms with Gasteiger partial charge in [-0.1, -0.05) is 17.7 Å². The quantitative estimate of drug-likeness (QED) is 0.879. The molecule has 1 aromatic heterocycles. The van der Waals surface area contributed by atoms with Crippen LogP contribution in [0.15, 0.2) is 36.4 Å². The van der Waals surface area contributed by atoms with Gasteiger partial charge < -0.3 is 10.1 Å². The van der Waals surface area contributed by atoms with Crippen LogP contribution in [-0.2, 0) is 0 Å². The summed E-state index contributed by atoms with van der Waals surface area (Å²) in [5.74, 6) is -0.718. The lowest BCUT2D eigenvalue weighted by Crippen LogP contribution is -2.14. The third kappa shape index (κ3) is 3.20. The number of anilines is 1. The molecule has 0 saturated carbocycles. The molecule has 1 amide bonds. The van der Waals surface area contributed by atoms with Crippen LogP contribution in [0.4, 0.5) is 10.1 Å². The summed E-state index contributed by atoms with van der Waals surface area (Å²) in [6, 6.07) is 8.79. The molecule has 0 unspecified atom stereocenters. The maximum Gasteiger partial charge on any atom is 0.274 e. The first-order valence-corrected chi connectivity index (χ1v) is 5.75. The normalized spacial score (nSPS) is 10.1. The molecular formula is C13H10ClFN2O2. The third-order valence-corrected chi connectivity index (χ3v) is 2.65. The van der Waals surface area contributed by atoms with E-state index < -0.39 is 11.9 Å². The van der Waals surface area contributed by atoms with Gasteiger partial charge in [-0.15, -0.1) is 0 Å². The number of pyridine rings is 1. The van der Waals surface area contributed by atoms with Gasteiger partial charge in [-0.2, -0.15) is 4.39 Å². The molecule has 6 heteroatoms. The number of carbonyl (C=O) groups excluding carboxylic acids is 1. The summed E-state index contributed by atoms with van der Waals surface area (Å²) in [6.07, 6.45) is 0. The Morgan fingerprint density at radius 1 is 1.37 bits per heavy atom. The molecule has 98 valence electrons. The van der Waals surface area contributed by atoms with Gasteiger partial charge in [0, 0.05) is 5.69 Å². The van der Waals surface area contributed by atoms with Gasteiger partial charge in [0.25, 0.3) is 5.91 Å². The number of benzene rings is 1. The average molecular weight is 281 g/mol. The average Bonchev–Trinajstić information content (AvgIpc) is 2.39. The van der Waals surface area contributed by atoms with E-state index in [1.807, 2.05) is 0 Å². The molecule has 0 bridgehead atoms. The summed E-state index contributed by atoms with van der Waals surface area (Å²) >= 11 is 5.93. The Kier molecular flexibility index (Phi) is 3.97.